The third kappa shape index (κ3) is 2.58. The molecule has 80 valence electrons. The first-order chi connectivity index (χ1) is 7.42. The molecule has 0 atom stereocenters. The summed E-state index contributed by atoms with van der Waals surface area (Å²) in [5, 5.41) is 9.66. The van der Waals surface area contributed by atoms with E-state index in [2.05, 4.69) is 23.3 Å². The first kappa shape index (κ1) is 10.7. The Morgan fingerprint density at radius 2 is 2.20 bits per heavy atom. The van der Waals surface area contributed by atoms with Gasteiger partial charge in [-0.05, 0) is 0 Å². The van der Waals surface area contributed by atoms with Crippen molar-refractivity contribution in [2.45, 2.75) is 30.5 Å². The first-order valence-corrected chi connectivity index (χ1v) is 7.70. The quantitative estimate of drug-likeness (QED) is 0.615. The van der Waals surface area contributed by atoms with Gasteiger partial charge in [0.25, 0.3) is 0 Å². The summed E-state index contributed by atoms with van der Waals surface area (Å²) in [6.07, 6.45) is 2.63. The van der Waals surface area contributed by atoms with Crippen molar-refractivity contribution in [1.29, 1.82) is 0 Å². The van der Waals surface area contributed by atoms with Crippen LogP contribution in [-0.2, 0) is 5.44 Å². The number of nitrogens with zero attached hydrogens (tertiary/aromatic N) is 3. The summed E-state index contributed by atoms with van der Waals surface area (Å²) in [6, 6.07) is 8.15. The van der Waals surface area contributed by atoms with Crippen LogP contribution in [0.4, 0.5) is 0 Å². The van der Waals surface area contributed by atoms with Gasteiger partial charge in [0.2, 0.25) is 0 Å². The Bertz CT molecular complexity index is 424. The second-order valence-corrected chi connectivity index (χ2v) is 5.72. The number of para-hydroxylation sites is 1. The molecule has 1 heterocycles. The van der Waals surface area contributed by atoms with Crippen LogP contribution in [0.15, 0.2) is 24.3 Å². The van der Waals surface area contributed by atoms with Gasteiger partial charge in [-0.15, -0.1) is 0 Å². The summed E-state index contributed by atoms with van der Waals surface area (Å²) in [7, 11) is 0. The number of unbranched alkanes of at least 4 members (excludes halogenated alkanes) is 1. The molecule has 0 unspecified atom stereocenters. The SMILES string of the molecule is CCCC[Se]Cn1nnc2ccccc21. The summed E-state index contributed by atoms with van der Waals surface area (Å²) < 4.78 is 2.03. The summed E-state index contributed by atoms with van der Waals surface area (Å²) in [5.74, 6) is 0. The van der Waals surface area contributed by atoms with Crippen LogP contribution in [0.3, 0.4) is 0 Å². The van der Waals surface area contributed by atoms with Gasteiger partial charge in [0, 0.05) is 0 Å². The molecular formula is C11H15N3Se. The zero-order valence-electron chi connectivity index (χ0n) is 8.89. The van der Waals surface area contributed by atoms with E-state index in [-0.39, 0.29) is 0 Å². The zero-order valence-corrected chi connectivity index (χ0v) is 10.6. The number of hydrogen-bond donors (Lipinski definition) is 0. The van der Waals surface area contributed by atoms with Crippen molar-refractivity contribution in [1.82, 2.24) is 15.0 Å². The molecule has 2 aromatic rings. The molecule has 1 aromatic carbocycles. The van der Waals surface area contributed by atoms with Gasteiger partial charge in [-0.2, -0.15) is 0 Å². The molecule has 0 aliphatic heterocycles. The Hall–Kier alpha value is -0.861. The summed E-state index contributed by atoms with van der Waals surface area (Å²) >= 11 is 0.659. The first-order valence-electron chi connectivity index (χ1n) is 5.28. The Kier molecular flexibility index (Phi) is 3.75. The van der Waals surface area contributed by atoms with Crippen molar-refractivity contribution >= 4 is 26.0 Å². The molecule has 2 rings (SSSR count). The predicted molar refractivity (Wildman–Crippen MR) is 63.0 cm³/mol. The molecule has 0 aliphatic carbocycles. The van der Waals surface area contributed by atoms with Crippen molar-refractivity contribution in [3.8, 4) is 0 Å². The van der Waals surface area contributed by atoms with Crippen LogP contribution < -0.4 is 0 Å². The average Bonchev–Trinajstić information content (AvgIpc) is 2.68. The molecule has 0 N–H and O–H groups in total. The molecule has 1 aromatic heterocycles. The fourth-order valence-corrected chi connectivity index (χ4v) is 3.48. The summed E-state index contributed by atoms with van der Waals surface area (Å²) in [6.45, 7) is 2.24. The van der Waals surface area contributed by atoms with Gasteiger partial charge in [0.1, 0.15) is 0 Å². The molecule has 3 nitrogen and oxygen atoms in total. The maximum atomic E-state index is 4.18. The minimum absolute atomic E-state index is 0.659. The third-order valence-corrected chi connectivity index (χ3v) is 4.38. The standard InChI is InChI=1S/C11H15N3Se/c1-2-3-8-15-9-14-11-7-5-4-6-10(11)12-13-14/h4-7H,2-3,8-9H2,1H3. The van der Waals surface area contributed by atoms with Gasteiger partial charge in [-0.3, -0.25) is 0 Å². The van der Waals surface area contributed by atoms with Crippen LogP contribution in [0.2, 0.25) is 5.32 Å². The van der Waals surface area contributed by atoms with Crippen molar-refractivity contribution in [3.63, 3.8) is 0 Å². The number of benzene rings is 1. The Balaban J connectivity index is 2.02. The van der Waals surface area contributed by atoms with E-state index in [4.69, 9.17) is 0 Å². The molecular weight excluding hydrogens is 253 g/mol. The Morgan fingerprint density at radius 3 is 3.07 bits per heavy atom. The van der Waals surface area contributed by atoms with Gasteiger partial charge < -0.3 is 0 Å². The van der Waals surface area contributed by atoms with Crippen LogP contribution in [0.1, 0.15) is 19.8 Å². The predicted octanol–water partition coefficient (Wildman–Crippen LogP) is 2.31. The van der Waals surface area contributed by atoms with Gasteiger partial charge in [0.05, 0.1) is 0 Å². The third-order valence-electron chi connectivity index (χ3n) is 2.28. The van der Waals surface area contributed by atoms with E-state index in [1.807, 2.05) is 22.9 Å². The van der Waals surface area contributed by atoms with E-state index >= 15 is 0 Å². The van der Waals surface area contributed by atoms with Crippen molar-refractivity contribution < 1.29 is 0 Å². The second kappa shape index (κ2) is 5.29. The molecule has 0 fully saturated rings. The Labute approximate surface area is 96.0 Å². The van der Waals surface area contributed by atoms with Crippen molar-refractivity contribution in [2.75, 3.05) is 0 Å². The monoisotopic (exact) mass is 269 g/mol. The Morgan fingerprint density at radius 1 is 1.33 bits per heavy atom. The van der Waals surface area contributed by atoms with E-state index < -0.39 is 0 Å². The number of aromatic nitrogens is 3. The van der Waals surface area contributed by atoms with Gasteiger partial charge >= 0.3 is 95.8 Å². The fourth-order valence-electron chi connectivity index (χ4n) is 1.41. The zero-order chi connectivity index (χ0) is 10.5. The van der Waals surface area contributed by atoms with Crippen LogP contribution >= 0.6 is 0 Å². The molecule has 0 aliphatic rings. The van der Waals surface area contributed by atoms with Crippen molar-refractivity contribution in [3.05, 3.63) is 24.3 Å². The van der Waals surface area contributed by atoms with Gasteiger partial charge in [-0.1, -0.05) is 0 Å². The van der Waals surface area contributed by atoms with Crippen LogP contribution in [-0.4, -0.2) is 30.0 Å². The molecule has 0 saturated carbocycles. The van der Waals surface area contributed by atoms with Crippen LogP contribution in [0.5, 0.6) is 0 Å². The number of fused-ring (bicyclic) bond motifs is 1. The van der Waals surface area contributed by atoms with E-state index in [1.54, 1.807) is 0 Å². The summed E-state index contributed by atoms with van der Waals surface area (Å²) in [5.41, 5.74) is 3.22. The van der Waals surface area contributed by atoms with Crippen LogP contribution in [0, 0.1) is 0 Å². The summed E-state index contributed by atoms with van der Waals surface area (Å²) in [4.78, 5) is 0. The molecule has 0 spiro atoms. The maximum absolute atomic E-state index is 4.18. The number of rotatable bonds is 5. The second-order valence-electron chi connectivity index (χ2n) is 3.47. The molecule has 0 saturated heterocycles. The molecule has 0 radical (unpaired) electrons. The fraction of sp³-hybridized carbons (Fsp3) is 0.455. The van der Waals surface area contributed by atoms with Gasteiger partial charge in [-0.25, -0.2) is 0 Å². The van der Waals surface area contributed by atoms with E-state index in [0.29, 0.717) is 15.0 Å². The van der Waals surface area contributed by atoms with E-state index in [0.717, 1.165) is 16.5 Å². The minimum atomic E-state index is 0.659. The molecule has 0 amide bonds. The molecule has 15 heavy (non-hydrogen) atoms. The topological polar surface area (TPSA) is 30.7 Å². The normalized spacial score (nSPS) is 11.0. The van der Waals surface area contributed by atoms with E-state index in [1.165, 1.54) is 18.2 Å². The van der Waals surface area contributed by atoms with Crippen molar-refractivity contribution in [2.24, 2.45) is 0 Å². The van der Waals surface area contributed by atoms with Crippen LogP contribution in [0.25, 0.3) is 11.0 Å². The molecule has 4 heteroatoms. The van der Waals surface area contributed by atoms with E-state index in [9.17, 15) is 0 Å². The number of hydrogen-bond acceptors (Lipinski definition) is 2. The average molecular weight is 268 g/mol. The molecule has 0 bridgehead atoms. The van der Waals surface area contributed by atoms with Gasteiger partial charge in [0.15, 0.2) is 0 Å².